The Morgan fingerprint density at radius 1 is 1.00 bits per heavy atom. The van der Waals surface area contributed by atoms with Gasteiger partial charge < -0.3 is 4.90 Å². The average molecular weight is 495 g/mol. The van der Waals surface area contributed by atoms with E-state index in [-0.39, 0.29) is 27.9 Å². The van der Waals surface area contributed by atoms with Crippen molar-refractivity contribution in [2.24, 2.45) is 0 Å². The lowest BCUT2D eigenvalue weighted by molar-refractivity contribution is 0.343. The van der Waals surface area contributed by atoms with Gasteiger partial charge in [-0.2, -0.15) is 4.31 Å². The molecule has 1 saturated heterocycles. The third kappa shape index (κ3) is 4.73. The van der Waals surface area contributed by atoms with Crippen LogP contribution in [-0.4, -0.2) is 52.6 Å². The van der Waals surface area contributed by atoms with Crippen LogP contribution in [0.15, 0.2) is 75.1 Å². The Kier molecular flexibility index (Phi) is 6.39. The van der Waals surface area contributed by atoms with E-state index in [1.165, 1.54) is 22.5 Å². The fourth-order valence-corrected chi connectivity index (χ4v) is 7.99. The molecule has 4 rings (SSSR count). The van der Waals surface area contributed by atoms with Crippen LogP contribution in [0.1, 0.15) is 5.56 Å². The number of anilines is 1. The van der Waals surface area contributed by atoms with Gasteiger partial charge in [-0.15, -0.1) is 11.3 Å². The molecule has 1 aliphatic heterocycles. The zero-order chi connectivity index (χ0) is 22.9. The summed E-state index contributed by atoms with van der Waals surface area (Å²) in [7, 11) is -7.58. The van der Waals surface area contributed by atoms with Crippen LogP contribution in [0.2, 0.25) is 0 Å². The number of rotatable bonds is 6. The maximum absolute atomic E-state index is 13.7. The molecule has 2 aromatic carbocycles. The van der Waals surface area contributed by atoms with Gasteiger partial charge in [0.05, 0.1) is 16.7 Å². The standard InChI is InChI=1S/C22H23FN2O4S3/c1-17-7-9-19(10-8-17)25-12-11-24(32(28,29)22-6-3-13-30-22)15-20(25)16-31(26,27)21-5-2-4-18(23)14-21/h2-10,13-14,20H,11-12,15-16H2,1H3/t20-/m1/s1. The molecule has 0 saturated carbocycles. The lowest BCUT2D eigenvalue weighted by Crippen LogP contribution is -2.57. The predicted octanol–water partition coefficient (Wildman–Crippen LogP) is 3.55. The van der Waals surface area contributed by atoms with Crippen molar-refractivity contribution in [2.75, 3.05) is 30.3 Å². The smallest absolute Gasteiger partial charge is 0.252 e. The number of halogens is 1. The molecule has 10 heteroatoms. The van der Waals surface area contributed by atoms with Crippen molar-refractivity contribution in [3.05, 3.63) is 77.4 Å². The Morgan fingerprint density at radius 3 is 2.41 bits per heavy atom. The first-order valence-electron chi connectivity index (χ1n) is 10.0. The lowest BCUT2D eigenvalue weighted by atomic mass is 10.1. The van der Waals surface area contributed by atoms with Gasteiger partial charge in [0, 0.05) is 25.3 Å². The van der Waals surface area contributed by atoms with E-state index in [0.29, 0.717) is 6.54 Å². The first-order valence-corrected chi connectivity index (χ1v) is 14.0. The summed E-state index contributed by atoms with van der Waals surface area (Å²) in [5, 5.41) is 1.70. The summed E-state index contributed by atoms with van der Waals surface area (Å²) in [6.07, 6.45) is 0. The Balaban J connectivity index is 1.67. The van der Waals surface area contributed by atoms with Gasteiger partial charge >= 0.3 is 0 Å². The van der Waals surface area contributed by atoms with Gasteiger partial charge in [0.25, 0.3) is 10.0 Å². The molecule has 2 heterocycles. The van der Waals surface area contributed by atoms with E-state index in [9.17, 15) is 21.2 Å². The van der Waals surface area contributed by atoms with Crippen molar-refractivity contribution in [1.82, 2.24) is 4.31 Å². The summed E-state index contributed by atoms with van der Waals surface area (Å²) in [5.41, 5.74) is 1.89. The van der Waals surface area contributed by atoms with Gasteiger partial charge in [-0.3, -0.25) is 0 Å². The van der Waals surface area contributed by atoms with Crippen molar-refractivity contribution in [1.29, 1.82) is 0 Å². The van der Waals surface area contributed by atoms with Crippen molar-refractivity contribution in [3.63, 3.8) is 0 Å². The van der Waals surface area contributed by atoms with Gasteiger partial charge in [-0.05, 0) is 48.7 Å². The van der Waals surface area contributed by atoms with Crippen LogP contribution in [0.25, 0.3) is 0 Å². The largest absolute Gasteiger partial charge is 0.365 e. The monoisotopic (exact) mass is 494 g/mol. The average Bonchev–Trinajstić information content (AvgIpc) is 3.30. The van der Waals surface area contributed by atoms with Crippen LogP contribution in [0.5, 0.6) is 0 Å². The molecule has 1 aromatic heterocycles. The Labute approximate surface area is 191 Å². The first kappa shape index (κ1) is 22.9. The van der Waals surface area contributed by atoms with Gasteiger partial charge in [-0.1, -0.05) is 29.8 Å². The maximum atomic E-state index is 13.7. The molecule has 0 unspecified atom stereocenters. The number of sulfonamides is 1. The van der Waals surface area contributed by atoms with Crippen LogP contribution in [0.4, 0.5) is 10.1 Å². The molecule has 0 radical (unpaired) electrons. The Morgan fingerprint density at radius 2 is 1.75 bits per heavy atom. The van der Waals surface area contributed by atoms with Crippen molar-refractivity contribution < 1.29 is 21.2 Å². The van der Waals surface area contributed by atoms with E-state index in [1.807, 2.05) is 36.1 Å². The van der Waals surface area contributed by atoms with Gasteiger partial charge in [-0.25, -0.2) is 21.2 Å². The van der Waals surface area contributed by atoms with Gasteiger partial charge in [0.1, 0.15) is 10.0 Å². The van der Waals surface area contributed by atoms with Crippen LogP contribution >= 0.6 is 11.3 Å². The highest BCUT2D eigenvalue weighted by Gasteiger charge is 2.37. The van der Waals surface area contributed by atoms with E-state index < -0.39 is 31.7 Å². The predicted molar refractivity (Wildman–Crippen MR) is 124 cm³/mol. The lowest BCUT2D eigenvalue weighted by Gasteiger charge is -2.42. The zero-order valence-corrected chi connectivity index (χ0v) is 19.8. The van der Waals surface area contributed by atoms with E-state index in [0.717, 1.165) is 28.7 Å². The van der Waals surface area contributed by atoms with Crippen molar-refractivity contribution in [2.45, 2.75) is 22.1 Å². The van der Waals surface area contributed by atoms with E-state index in [4.69, 9.17) is 0 Å². The third-order valence-corrected chi connectivity index (χ3v) is 10.5. The molecule has 170 valence electrons. The maximum Gasteiger partial charge on any atom is 0.252 e. The first-order chi connectivity index (χ1) is 15.2. The number of thiophene rings is 1. The van der Waals surface area contributed by atoms with Crippen LogP contribution < -0.4 is 4.90 Å². The van der Waals surface area contributed by atoms with Crippen molar-refractivity contribution >= 4 is 36.9 Å². The summed E-state index contributed by atoms with van der Waals surface area (Å²) < 4.78 is 67.6. The van der Waals surface area contributed by atoms with Crippen LogP contribution in [0, 0.1) is 12.7 Å². The highest BCUT2D eigenvalue weighted by molar-refractivity contribution is 7.91. The summed E-state index contributed by atoms with van der Waals surface area (Å²) in [4.78, 5) is 1.82. The van der Waals surface area contributed by atoms with Crippen LogP contribution in [0.3, 0.4) is 0 Å². The molecule has 1 atom stereocenters. The minimum atomic E-state index is -3.85. The second-order valence-corrected chi connectivity index (χ2v) is 12.9. The summed E-state index contributed by atoms with van der Waals surface area (Å²) in [6, 6.07) is 15.2. The van der Waals surface area contributed by atoms with Gasteiger partial charge in [0.15, 0.2) is 9.84 Å². The summed E-state index contributed by atoms with van der Waals surface area (Å²) >= 11 is 1.13. The molecule has 32 heavy (non-hydrogen) atoms. The molecular formula is C22H23FN2O4S3. The molecule has 6 nitrogen and oxygen atoms in total. The number of sulfone groups is 1. The number of hydrogen-bond acceptors (Lipinski definition) is 6. The number of benzene rings is 2. The number of nitrogens with zero attached hydrogens (tertiary/aromatic N) is 2. The molecule has 0 bridgehead atoms. The molecule has 0 N–H and O–H groups in total. The topological polar surface area (TPSA) is 74.8 Å². The number of piperazine rings is 1. The van der Waals surface area contributed by atoms with Gasteiger partial charge in [0.2, 0.25) is 0 Å². The quantitative estimate of drug-likeness (QED) is 0.524. The molecule has 1 fully saturated rings. The second kappa shape index (κ2) is 8.93. The minimum absolute atomic E-state index is 0.0165. The van der Waals surface area contributed by atoms with E-state index >= 15 is 0 Å². The molecule has 0 amide bonds. The number of hydrogen-bond donors (Lipinski definition) is 0. The third-order valence-electron chi connectivity index (χ3n) is 5.47. The molecule has 1 aliphatic rings. The fourth-order valence-electron chi connectivity index (χ4n) is 3.81. The fraction of sp³-hybridized carbons (Fsp3) is 0.273. The highest BCUT2D eigenvalue weighted by Crippen LogP contribution is 2.28. The minimum Gasteiger partial charge on any atom is -0.365 e. The van der Waals surface area contributed by atoms with E-state index in [2.05, 4.69) is 0 Å². The Hall–Kier alpha value is -2.27. The van der Waals surface area contributed by atoms with Crippen molar-refractivity contribution in [3.8, 4) is 0 Å². The molecule has 3 aromatic rings. The molecule has 0 spiro atoms. The van der Waals surface area contributed by atoms with E-state index in [1.54, 1.807) is 17.5 Å². The number of aryl methyl sites for hydroxylation is 1. The summed E-state index contributed by atoms with van der Waals surface area (Å²) in [6.45, 7) is 2.56. The normalized spacial score (nSPS) is 18.1. The second-order valence-electron chi connectivity index (χ2n) is 7.72. The molecular weight excluding hydrogens is 471 g/mol. The summed E-state index contributed by atoms with van der Waals surface area (Å²) in [5.74, 6) is -0.965. The molecule has 0 aliphatic carbocycles. The zero-order valence-electron chi connectivity index (χ0n) is 17.4. The Bertz CT molecular complexity index is 1290. The highest BCUT2D eigenvalue weighted by atomic mass is 32.2. The van der Waals surface area contributed by atoms with Crippen LogP contribution in [-0.2, 0) is 19.9 Å². The SMILES string of the molecule is Cc1ccc(N2CCN(S(=O)(=O)c3cccs3)C[C@@H]2CS(=O)(=O)c2cccc(F)c2)cc1.